The van der Waals surface area contributed by atoms with Crippen molar-refractivity contribution >= 4 is 61.8 Å². The van der Waals surface area contributed by atoms with E-state index in [1.54, 1.807) is 97.3 Å². The van der Waals surface area contributed by atoms with Gasteiger partial charge in [-0.25, -0.2) is 43.1 Å². The number of likely N-dealkylation sites (N-methyl/N-ethyl adjacent to an activating group) is 1. The zero-order valence-electron chi connectivity index (χ0n) is 56.1. The molecule has 0 bridgehead atoms. The number of nitrogen functional groups attached to an aromatic ring is 3. The number of fused-ring (bicyclic) bond motifs is 1. The normalized spacial score (nSPS) is 10.6. The molecule has 6 aromatic heterocycles. The highest BCUT2D eigenvalue weighted by molar-refractivity contribution is 9.10. The lowest BCUT2D eigenvalue weighted by Gasteiger charge is -2.10. The minimum absolute atomic E-state index is 0. The molecular weight excluding hydrogens is 1380 g/mol. The standard InChI is InChI=1S/C24H22FN7O3.C23H21FN6O3.C12H11BrN4O.C4H9NO2.C4H10O3.H3N/c1-31-14-27-11-17(31)12-34-19-8-16(25)9-20(10-19)35-18-4-2-15(3-5-18)22-21-23(26)28-13-29-24(21)32(30-22)6-7-33;1-26-22-21(28-30(7-8-31)23(22)25)15-3-5-18(6-4-15)33-20-10-16(24)9-19(11-20)32-13-17-12-27-14-29(17)2;1-15-11-10(8-2-4-9(13)5-3-8)16-17(6-7-18)12(11)14;1-5(2)3-4(6)7;1-5-4(6-2)7-3;/h2-5,8-11,13-14,33H,6-7,12H2,1H3,(H2,26,28,29);3-6,9-12,14,31H,7-8,13,25H2,2H3;2-5,18H,6-7,14H2;3H2,1-2H3,(H,6,7);4H,1-3H3;1H3. The number of aliphatic hydroxyl groups excluding tert-OH is 3. The lowest BCUT2D eigenvalue weighted by Crippen LogP contribution is -2.20. The largest absolute Gasteiger partial charge is 0.487 e. The van der Waals surface area contributed by atoms with E-state index in [1.807, 2.05) is 59.6 Å². The Hall–Kier alpha value is -11.4. The molecule has 0 aliphatic heterocycles. The summed E-state index contributed by atoms with van der Waals surface area (Å²) in [4.78, 5) is 34.6. The molecule has 5 aromatic carbocycles. The molecule has 34 heteroatoms. The van der Waals surface area contributed by atoms with Gasteiger partial charge < -0.3 is 86.1 Å². The van der Waals surface area contributed by atoms with Crippen LogP contribution in [0.25, 0.3) is 54.5 Å². The van der Waals surface area contributed by atoms with Gasteiger partial charge in [0.1, 0.15) is 100 Å². The van der Waals surface area contributed by atoms with E-state index >= 15 is 0 Å². The molecule has 0 atom stereocenters. The molecule has 6 heterocycles. The minimum Gasteiger partial charge on any atom is -0.487 e. The van der Waals surface area contributed by atoms with Gasteiger partial charge in [0.25, 0.3) is 17.9 Å². The third-order valence-electron chi connectivity index (χ3n) is 13.8. The van der Waals surface area contributed by atoms with Gasteiger partial charge in [0.15, 0.2) is 5.65 Å². The van der Waals surface area contributed by atoms with Gasteiger partial charge in [0.2, 0.25) is 0 Å². The molecule has 0 radical (unpaired) electrons. The Balaban J connectivity index is 0.000000224. The fourth-order valence-corrected chi connectivity index (χ4v) is 9.34. The summed E-state index contributed by atoms with van der Waals surface area (Å²) < 4.78 is 74.2. The zero-order valence-corrected chi connectivity index (χ0v) is 57.6. The van der Waals surface area contributed by atoms with E-state index in [4.69, 9.17) is 64.6 Å². The number of aromatic nitrogens is 12. The molecule has 0 spiro atoms. The molecule has 0 fully saturated rings. The number of carboxylic acid groups (broad SMARTS) is 1. The number of nitrogens with two attached hydrogens (primary N) is 3. The van der Waals surface area contributed by atoms with Crippen LogP contribution >= 0.6 is 15.9 Å². The lowest BCUT2D eigenvalue weighted by atomic mass is 10.1. The van der Waals surface area contributed by atoms with Crippen molar-refractivity contribution in [1.29, 1.82) is 0 Å². The molecule has 31 nitrogen and oxygen atoms in total. The summed E-state index contributed by atoms with van der Waals surface area (Å²) in [5.74, 6) is 1.25. The molecule has 0 saturated carbocycles. The zero-order chi connectivity index (χ0) is 72.4. The second-order valence-electron chi connectivity index (χ2n) is 21.2. The summed E-state index contributed by atoms with van der Waals surface area (Å²) in [6.45, 7) is 15.1. The first kappa shape index (κ1) is 78.6. The summed E-state index contributed by atoms with van der Waals surface area (Å²) in [7, 11) is 11.7. The topological polar surface area (TPSA) is 403 Å². The molecule has 101 heavy (non-hydrogen) atoms. The molecule has 0 saturated heterocycles. The van der Waals surface area contributed by atoms with Crippen LogP contribution < -0.4 is 42.3 Å². The monoisotopic (exact) mass is 1460 g/mol. The molecule has 0 aliphatic carbocycles. The molecule has 11 aromatic rings. The van der Waals surface area contributed by atoms with Crippen molar-refractivity contribution in [3.05, 3.63) is 191 Å². The van der Waals surface area contributed by atoms with Gasteiger partial charge in [0, 0.05) is 81.9 Å². The van der Waals surface area contributed by atoms with Crippen LogP contribution in [0.2, 0.25) is 0 Å². The number of imidazole rings is 2. The van der Waals surface area contributed by atoms with Crippen molar-refractivity contribution in [2.24, 2.45) is 14.1 Å². The van der Waals surface area contributed by atoms with Crippen molar-refractivity contribution in [2.45, 2.75) is 39.3 Å². The Morgan fingerprint density at radius 2 is 0.990 bits per heavy atom. The maximum Gasteiger partial charge on any atom is 0.317 e. The van der Waals surface area contributed by atoms with Crippen LogP contribution in [-0.2, 0) is 65.9 Å². The first-order valence-electron chi connectivity index (χ1n) is 30.0. The van der Waals surface area contributed by atoms with Gasteiger partial charge in [-0.3, -0.25) is 19.1 Å². The molecule has 0 aliphatic rings. The van der Waals surface area contributed by atoms with Gasteiger partial charge in [-0.15, -0.1) is 0 Å². The van der Waals surface area contributed by atoms with Crippen molar-refractivity contribution in [1.82, 2.24) is 69.5 Å². The van der Waals surface area contributed by atoms with Gasteiger partial charge in [0.05, 0.1) is 101 Å². The number of carbonyl (C=O) groups is 1. The van der Waals surface area contributed by atoms with Gasteiger partial charge in [-0.2, -0.15) is 15.3 Å². The van der Waals surface area contributed by atoms with Crippen LogP contribution in [0, 0.1) is 24.8 Å². The summed E-state index contributed by atoms with van der Waals surface area (Å²) in [6.07, 6.45) is 8.06. The summed E-state index contributed by atoms with van der Waals surface area (Å²) in [5.41, 5.74) is 24.5. The fraction of sp³-hybridized carbons (Fsp3) is 0.254. The van der Waals surface area contributed by atoms with E-state index < -0.39 is 24.1 Å². The number of nitrogens with zero attached hydrogens (tertiary/aromatic N) is 15. The number of aliphatic carboxylic acids is 1. The van der Waals surface area contributed by atoms with Gasteiger partial charge in [-0.05, 0) is 73.8 Å². The number of halogens is 3. The molecule has 532 valence electrons. The molecular formula is C67H76BrF2N19O12. The van der Waals surface area contributed by atoms with Crippen LogP contribution in [-0.4, -0.2) is 158 Å². The molecule has 11 rings (SSSR count). The van der Waals surface area contributed by atoms with E-state index in [0.29, 0.717) is 73.9 Å². The van der Waals surface area contributed by atoms with E-state index in [-0.39, 0.29) is 88.4 Å². The third-order valence-corrected chi connectivity index (χ3v) is 14.3. The number of carboxylic acids is 1. The number of benzene rings is 5. The highest BCUT2D eigenvalue weighted by atomic mass is 79.9. The Labute approximate surface area is 587 Å². The van der Waals surface area contributed by atoms with Crippen LogP contribution in [0.15, 0.2) is 145 Å². The molecule has 13 N–H and O–H groups in total. The Morgan fingerprint density at radius 3 is 1.35 bits per heavy atom. The number of hydrogen-bond donors (Lipinski definition) is 8. The minimum atomic E-state index is -0.787. The van der Waals surface area contributed by atoms with Crippen molar-refractivity contribution < 1.29 is 67.2 Å². The van der Waals surface area contributed by atoms with E-state index in [2.05, 4.69) is 75.1 Å². The summed E-state index contributed by atoms with van der Waals surface area (Å²) in [5, 5.41) is 49.2. The summed E-state index contributed by atoms with van der Waals surface area (Å²) >= 11 is 3.35. The van der Waals surface area contributed by atoms with Crippen LogP contribution in [0.4, 0.5) is 37.6 Å². The number of anilines is 3. The fourth-order valence-electron chi connectivity index (χ4n) is 9.08. The smallest absolute Gasteiger partial charge is 0.317 e. The number of ether oxygens (including phenoxy) is 7. The lowest BCUT2D eigenvalue weighted by molar-refractivity contribution is -0.252. The number of aliphatic hydroxyl groups is 3. The van der Waals surface area contributed by atoms with Crippen molar-refractivity contribution in [2.75, 3.05) is 79.0 Å². The predicted molar refractivity (Wildman–Crippen MR) is 375 cm³/mol. The molecule has 0 amide bonds. The third kappa shape index (κ3) is 22.0. The average Bonchev–Trinajstić information content (AvgIpc) is 1.64. The Morgan fingerprint density at radius 1 is 0.594 bits per heavy atom. The Bertz CT molecular complexity index is 4530. The Kier molecular flexibility index (Phi) is 30.1. The van der Waals surface area contributed by atoms with Gasteiger partial charge in [-0.1, -0.05) is 40.2 Å². The summed E-state index contributed by atoms with van der Waals surface area (Å²) in [6, 6.07) is 29.8. The highest BCUT2D eigenvalue weighted by Crippen LogP contribution is 2.38. The first-order valence-corrected chi connectivity index (χ1v) is 30.8. The van der Waals surface area contributed by atoms with E-state index in [0.717, 1.165) is 27.0 Å². The van der Waals surface area contributed by atoms with Crippen LogP contribution in [0.3, 0.4) is 0 Å². The average molecular weight is 1460 g/mol. The number of aryl methyl sites for hydroxylation is 2. The number of hydrogen-bond acceptors (Lipinski definition) is 23. The highest BCUT2D eigenvalue weighted by Gasteiger charge is 2.21. The van der Waals surface area contributed by atoms with E-state index in [1.165, 1.54) is 61.3 Å². The SMILES string of the molecule is CN(C)CC(=O)O.COC(OC)OC.Cn1cncc1COc1cc(F)cc(Oc2ccc(-c3nn(CCO)c4ncnc(N)c34)cc2)c1.N.[C-]#[N+]c1c(-c2ccc(Br)cc2)nn(CCO)c1N.[C-]#[N+]c1c(-c2ccc(Oc3cc(F)cc(OCc4cncn4C)c3)cc2)nn(CCO)c1N. The van der Waals surface area contributed by atoms with E-state index in [9.17, 15) is 18.7 Å². The maximum atomic E-state index is 14.2. The quantitative estimate of drug-likeness (QED) is 0.0206. The van der Waals surface area contributed by atoms with Crippen molar-refractivity contribution in [3.8, 4) is 68.3 Å². The second kappa shape index (κ2) is 38.6. The van der Waals surface area contributed by atoms with Gasteiger partial charge >= 0.3 is 5.97 Å². The predicted octanol–water partition coefficient (Wildman–Crippen LogP) is 9.67. The number of rotatable bonds is 24. The van der Waals surface area contributed by atoms with Crippen molar-refractivity contribution in [3.63, 3.8) is 0 Å². The first-order chi connectivity index (χ1) is 48.1. The van der Waals surface area contributed by atoms with Crippen LogP contribution in [0.1, 0.15) is 11.4 Å². The van der Waals surface area contributed by atoms with Crippen LogP contribution in [0.5, 0.6) is 34.5 Å². The number of methoxy groups -OCH3 is 3. The molecule has 0 unspecified atom stereocenters. The maximum absolute atomic E-state index is 14.2. The second-order valence-corrected chi connectivity index (χ2v) is 22.2.